The second-order valence-corrected chi connectivity index (χ2v) is 8.82. The lowest BCUT2D eigenvalue weighted by Gasteiger charge is -2.26. The van der Waals surface area contributed by atoms with Crippen LogP contribution in [0.4, 0.5) is 11.4 Å². The van der Waals surface area contributed by atoms with Crippen molar-refractivity contribution in [1.29, 1.82) is 0 Å². The number of hydrogen-bond acceptors (Lipinski definition) is 3. The number of nitrogens with one attached hydrogen (secondary N) is 2. The normalized spacial score (nSPS) is 15.6. The highest BCUT2D eigenvalue weighted by Gasteiger charge is 2.21. The summed E-state index contributed by atoms with van der Waals surface area (Å²) in [4.78, 5) is 14.5. The van der Waals surface area contributed by atoms with Gasteiger partial charge < -0.3 is 10.3 Å². The van der Waals surface area contributed by atoms with E-state index in [1.807, 2.05) is 12.1 Å². The Morgan fingerprint density at radius 3 is 2.93 bits per heavy atom. The first-order valence-corrected chi connectivity index (χ1v) is 10.9. The number of fused-ring (bicyclic) bond motifs is 5. The van der Waals surface area contributed by atoms with Gasteiger partial charge in [0.2, 0.25) is 0 Å². The molecule has 2 N–H and O–H groups in total. The molecule has 0 atom stereocenters. The summed E-state index contributed by atoms with van der Waals surface area (Å²) in [5.74, 6) is 0. The second-order valence-electron chi connectivity index (χ2n) is 7.80. The van der Waals surface area contributed by atoms with E-state index in [0.717, 1.165) is 34.4 Å². The lowest BCUT2D eigenvalue weighted by atomic mass is 9.79. The van der Waals surface area contributed by atoms with Crippen molar-refractivity contribution >= 4 is 49.3 Å². The van der Waals surface area contributed by atoms with Gasteiger partial charge in [0.25, 0.3) is 0 Å². The maximum Gasteiger partial charge on any atom is 0.305 e. The van der Waals surface area contributed by atoms with Crippen LogP contribution in [0.3, 0.4) is 0 Å². The molecule has 2 aliphatic carbocycles. The van der Waals surface area contributed by atoms with E-state index in [0.29, 0.717) is 0 Å². The van der Waals surface area contributed by atoms with E-state index in [9.17, 15) is 4.79 Å². The zero-order valence-electron chi connectivity index (χ0n) is 15.9. The van der Waals surface area contributed by atoms with Crippen LogP contribution in [0, 0.1) is 0 Å². The second kappa shape index (κ2) is 6.46. The Morgan fingerprint density at radius 1 is 1.00 bits per heavy atom. The minimum absolute atomic E-state index is 0.0130. The zero-order valence-corrected chi connectivity index (χ0v) is 16.7. The number of aryl methyl sites for hydroxylation is 1. The van der Waals surface area contributed by atoms with Gasteiger partial charge in [-0.2, -0.15) is 0 Å². The minimum atomic E-state index is -0.0130. The predicted octanol–water partition coefficient (Wildman–Crippen LogP) is 6.54. The fourth-order valence-corrected chi connectivity index (χ4v) is 5.55. The number of aromatic nitrogens is 1. The van der Waals surface area contributed by atoms with E-state index in [1.165, 1.54) is 51.7 Å². The van der Waals surface area contributed by atoms with Gasteiger partial charge in [0.1, 0.15) is 0 Å². The molecule has 3 nitrogen and oxygen atoms in total. The summed E-state index contributed by atoms with van der Waals surface area (Å²) in [5, 5.41) is 6.21. The lowest BCUT2D eigenvalue weighted by Crippen LogP contribution is -2.07. The van der Waals surface area contributed by atoms with E-state index in [4.69, 9.17) is 0 Å². The van der Waals surface area contributed by atoms with Crippen LogP contribution < -0.4 is 10.2 Å². The molecule has 6 rings (SSSR count). The summed E-state index contributed by atoms with van der Waals surface area (Å²) in [7, 11) is 0. The fraction of sp³-hybridized carbons (Fsp3) is 0.160. The van der Waals surface area contributed by atoms with Crippen LogP contribution in [0.5, 0.6) is 0 Å². The zero-order chi connectivity index (χ0) is 19.4. The summed E-state index contributed by atoms with van der Waals surface area (Å²) < 4.78 is 0.976. The number of rotatable bonds is 2. The quantitative estimate of drug-likeness (QED) is 0.404. The lowest BCUT2D eigenvalue weighted by molar-refractivity contribution is 0.831. The monoisotopic (exact) mass is 396 g/mol. The van der Waals surface area contributed by atoms with Crippen LogP contribution in [-0.4, -0.2) is 4.98 Å². The molecule has 0 aliphatic heterocycles. The highest BCUT2D eigenvalue weighted by atomic mass is 32.1. The molecule has 0 amide bonds. The summed E-state index contributed by atoms with van der Waals surface area (Å²) >= 11 is 1.25. The van der Waals surface area contributed by atoms with Crippen molar-refractivity contribution in [2.75, 3.05) is 5.32 Å². The first-order valence-electron chi connectivity index (χ1n) is 10.1. The van der Waals surface area contributed by atoms with Crippen LogP contribution in [-0.2, 0) is 6.42 Å². The molecule has 0 fully saturated rings. The summed E-state index contributed by atoms with van der Waals surface area (Å²) in [6.07, 6.45) is 9.24. The topological polar surface area (TPSA) is 44.9 Å². The van der Waals surface area contributed by atoms with E-state index < -0.39 is 0 Å². The molecule has 29 heavy (non-hydrogen) atoms. The number of aromatic amines is 1. The molecular weight excluding hydrogens is 376 g/mol. The molecule has 3 aromatic carbocycles. The molecule has 4 heteroatoms. The highest BCUT2D eigenvalue weighted by Crippen LogP contribution is 2.42. The molecule has 4 aromatic rings. The average molecular weight is 397 g/mol. The van der Waals surface area contributed by atoms with Gasteiger partial charge in [-0.1, -0.05) is 53.3 Å². The molecule has 0 saturated heterocycles. The van der Waals surface area contributed by atoms with Crippen molar-refractivity contribution in [2.24, 2.45) is 0 Å². The first-order chi connectivity index (χ1) is 14.3. The van der Waals surface area contributed by atoms with Crippen molar-refractivity contribution in [1.82, 2.24) is 4.98 Å². The van der Waals surface area contributed by atoms with Gasteiger partial charge in [-0.25, -0.2) is 0 Å². The van der Waals surface area contributed by atoms with E-state index in [1.54, 1.807) is 5.57 Å². The minimum Gasteiger partial charge on any atom is -0.355 e. The van der Waals surface area contributed by atoms with Gasteiger partial charge in [-0.05, 0) is 72.0 Å². The number of thiazole rings is 1. The van der Waals surface area contributed by atoms with E-state index in [2.05, 4.69) is 58.9 Å². The third kappa shape index (κ3) is 2.75. The Hall–Kier alpha value is -3.11. The van der Waals surface area contributed by atoms with Crippen molar-refractivity contribution in [3.8, 4) is 0 Å². The maximum atomic E-state index is 11.6. The molecule has 1 aromatic heterocycles. The molecule has 0 spiro atoms. The summed E-state index contributed by atoms with van der Waals surface area (Å²) in [6.45, 7) is 0. The SMILES string of the molecule is O=c1[nH]c2ccc(Nc3cccc4ccc5c(c34)CCC3=C5C=CCC3)cc2s1. The van der Waals surface area contributed by atoms with Crippen molar-refractivity contribution in [3.63, 3.8) is 0 Å². The van der Waals surface area contributed by atoms with E-state index >= 15 is 0 Å². The van der Waals surface area contributed by atoms with Crippen LogP contribution >= 0.6 is 11.3 Å². The van der Waals surface area contributed by atoms with E-state index in [-0.39, 0.29) is 4.87 Å². The average Bonchev–Trinajstić information content (AvgIpc) is 3.12. The summed E-state index contributed by atoms with van der Waals surface area (Å²) in [5.41, 5.74) is 8.91. The molecular formula is C25H20N2OS. The highest BCUT2D eigenvalue weighted by molar-refractivity contribution is 7.16. The third-order valence-corrected chi connectivity index (χ3v) is 6.94. The van der Waals surface area contributed by atoms with Crippen LogP contribution in [0.1, 0.15) is 30.4 Å². The molecule has 0 radical (unpaired) electrons. The molecule has 0 bridgehead atoms. The van der Waals surface area contributed by atoms with Gasteiger partial charge >= 0.3 is 4.87 Å². The standard InChI is InChI=1S/C25H20N2OS/c28-25-27-21-13-10-17(14-23(21)29-25)26-22-7-3-5-16-9-11-19-18-6-2-1-4-15(18)8-12-20(19)24(16)22/h2-3,5-7,9-11,13-14,26H,1,4,8,12H2,(H,27,28). The molecule has 2 aliphatic rings. The number of H-pyrrole nitrogens is 1. The number of anilines is 2. The van der Waals surface area contributed by atoms with Crippen molar-refractivity contribution in [2.45, 2.75) is 25.7 Å². The molecule has 0 unspecified atom stereocenters. The number of benzene rings is 3. The summed E-state index contributed by atoms with van der Waals surface area (Å²) in [6, 6.07) is 17.1. The Morgan fingerprint density at radius 2 is 1.97 bits per heavy atom. The fourth-order valence-electron chi connectivity index (χ4n) is 4.78. The van der Waals surface area contributed by atoms with Crippen molar-refractivity contribution in [3.05, 3.63) is 87.1 Å². The largest absolute Gasteiger partial charge is 0.355 e. The molecule has 0 saturated carbocycles. The van der Waals surface area contributed by atoms with Crippen LogP contribution in [0.15, 0.2) is 71.1 Å². The number of allylic oxidation sites excluding steroid dienone is 4. The van der Waals surface area contributed by atoms with Crippen LogP contribution in [0.25, 0.3) is 26.6 Å². The molecule has 1 heterocycles. The number of hydrogen-bond donors (Lipinski definition) is 2. The van der Waals surface area contributed by atoms with Crippen LogP contribution in [0.2, 0.25) is 0 Å². The molecule has 142 valence electrons. The smallest absolute Gasteiger partial charge is 0.305 e. The predicted molar refractivity (Wildman–Crippen MR) is 123 cm³/mol. The Balaban J connectivity index is 1.51. The maximum absolute atomic E-state index is 11.6. The first kappa shape index (κ1) is 16.8. The van der Waals surface area contributed by atoms with Gasteiger partial charge in [-0.3, -0.25) is 4.79 Å². The Kier molecular flexibility index (Phi) is 3.74. The Bertz CT molecular complexity index is 1400. The van der Waals surface area contributed by atoms with Gasteiger partial charge in [-0.15, -0.1) is 0 Å². The van der Waals surface area contributed by atoms with Gasteiger partial charge in [0, 0.05) is 16.8 Å². The van der Waals surface area contributed by atoms with Gasteiger partial charge in [0.05, 0.1) is 10.2 Å². The third-order valence-electron chi connectivity index (χ3n) is 6.10. The Labute approximate surface area is 172 Å². The van der Waals surface area contributed by atoms with Crippen molar-refractivity contribution < 1.29 is 0 Å². The van der Waals surface area contributed by atoms with Gasteiger partial charge in [0.15, 0.2) is 0 Å².